The van der Waals surface area contributed by atoms with Crippen molar-refractivity contribution >= 4 is 17.4 Å². The molecule has 2 heterocycles. The normalized spacial score (nSPS) is 27.3. The van der Waals surface area contributed by atoms with Gasteiger partial charge in [-0.05, 0) is 23.3 Å². The summed E-state index contributed by atoms with van der Waals surface area (Å²) < 4.78 is 6.19. The maximum atomic E-state index is 6.19. The monoisotopic (exact) mass is 331 g/mol. The number of nitrogens with one attached hydrogen (secondary N) is 1. The van der Waals surface area contributed by atoms with Crippen molar-refractivity contribution in [2.45, 2.75) is 22.0 Å². The second-order valence-corrected chi connectivity index (χ2v) is 7.50. The molecule has 118 valence electrons. The zero-order valence-corrected chi connectivity index (χ0v) is 13.9. The van der Waals surface area contributed by atoms with Gasteiger partial charge in [-0.2, -0.15) is 0 Å². The standard InChI is InChI=1S/C21H17NOS/c1-3-9-15(10-4-1)19-20(23-19)21(16-11-5-2-6-12-16)22-17-13-7-8-14-18(17)24-21/h1-14,19-20,22H. The molecule has 2 nitrogen and oxygen atoms in total. The SMILES string of the molecule is c1ccc(C2OC2C2(c3ccccc3)Nc3ccccc3S2)cc1. The van der Waals surface area contributed by atoms with E-state index in [-0.39, 0.29) is 17.1 Å². The maximum Gasteiger partial charge on any atom is 0.143 e. The predicted molar refractivity (Wildman–Crippen MR) is 98.1 cm³/mol. The van der Waals surface area contributed by atoms with Crippen LogP contribution in [0.5, 0.6) is 0 Å². The van der Waals surface area contributed by atoms with Gasteiger partial charge in [-0.1, -0.05) is 84.6 Å². The van der Waals surface area contributed by atoms with Crippen LogP contribution in [0.25, 0.3) is 0 Å². The van der Waals surface area contributed by atoms with E-state index in [1.165, 1.54) is 21.7 Å². The van der Waals surface area contributed by atoms with Gasteiger partial charge in [0.1, 0.15) is 17.1 Å². The molecule has 3 unspecified atom stereocenters. The van der Waals surface area contributed by atoms with E-state index in [0.29, 0.717) is 0 Å². The third kappa shape index (κ3) is 2.16. The average Bonchev–Trinajstić information content (AvgIpc) is 3.37. The van der Waals surface area contributed by atoms with Crippen molar-refractivity contribution in [3.8, 4) is 0 Å². The number of rotatable bonds is 3. The van der Waals surface area contributed by atoms with Crippen molar-refractivity contribution in [2.75, 3.05) is 5.32 Å². The summed E-state index contributed by atoms with van der Waals surface area (Å²) in [6, 6.07) is 29.6. The summed E-state index contributed by atoms with van der Waals surface area (Å²) in [6.07, 6.45) is 0.250. The molecule has 2 aliphatic rings. The van der Waals surface area contributed by atoms with Gasteiger partial charge in [-0.25, -0.2) is 0 Å². The first-order valence-electron chi connectivity index (χ1n) is 8.19. The maximum absolute atomic E-state index is 6.19. The lowest BCUT2D eigenvalue weighted by Crippen LogP contribution is -2.34. The Kier molecular flexibility index (Phi) is 3.18. The molecule has 0 spiro atoms. The third-order valence-electron chi connectivity index (χ3n) is 4.70. The minimum absolute atomic E-state index is 0.111. The molecule has 3 aromatic carbocycles. The number of hydrogen-bond donors (Lipinski definition) is 1. The minimum atomic E-state index is -0.272. The number of epoxide rings is 1. The molecule has 0 saturated carbocycles. The van der Waals surface area contributed by atoms with Gasteiger partial charge in [0.05, 0.1) is 0 Å². The van der Waals surface area contributed by atoms with E-state index < -0.39 is 0 Å². The van der Waals surface area contributed by atoms with Gasteiger partial charge < -0.3 is 10.1 Å². The molecular weight excluding hydrogens is 314 g/mol. The van der Waals surface area contributed by atoms with Crippen molar-refractivity contribution in [1.82, 2.24) is 0 Å². The van der Waals surface area contributed by atoms with Crippen LogP contribution in [0, 0.1) is 0 Å². The molecule has 0 aromatic heterocycles. The molecule has 2 aliphatic heterocycles. The van der Waals surface area contributed by atoms with E-state index in [9.17, 15) is 0 Å². The molecule has 1 saturated heterocycles. The summed E-state index contributed by atoms with van der Waals surface area (Å²) in [4.78, 5) is 1.01. The zero-order chi connectivity index (χ0) is 16.0. The molecule has 3 heteroatoms. The van der Waals surface area contributed by atoms with Crippen LogP contribution in [-0.4, -0.2) is 6.10 Å². The lowest BCUT2D eigenvalue weighted by atomic mass is 9.98. The molecule has 1 fully saturated rings. The Morgan fingerprint density at radius 2 is 1.46 bits per heavy atom. The summed E-state index contributed by atoms with van der Waals surface area (Å²) in [6.45, 7) is 0. The predicted octanol–water partition coefficient (Wildman–Crippen LogP) is 5.20. The number of thioether (sulfide) groups is 1. The molecule has 0 bridgehead atoms. The third-order valence-corrected chi connectivity index (χ3v) is 6.17. The number of fused-ring (bicyclic) bond motifs is 1. The number of ether oxygens (including phenoxy) is 1. The average molecular weight is 331 g/mol. The second-order valence-electron chi connectivity index (χ2n) is 6.21. The first-order chi connectivity index (χ1) is 11.9. The van der Waals surface area contributed by atoms with Crippen molar-refractivity contribution < 1.29 is 4.74 Å². The van der Waals surface area contributed by atoms with E-state index in [2.05, 4.69) is 84.2 Å². The highest BCUT2D eigenvalue weighted by Gasteiger charge is 2.59. The van der Waals surface area contributed by atoms with Crippen molar-refractivity contribution in [2.24, 2.45) is 0 Å². The van der Waals surface area contributed by atoms with Gasteiger partial charge >= 0.3 is 0 Å². The Morgan fingerprint density at radius 1 is 0.792 bits per heavy atom. The van der Waals surface area contributed by atoms with Crippen LogP contribution in [0.1, 0.15) is 17.2 Å². The van der Waals surface area contributed by atoms with Crippen LogP contribution in [0.4, 0.5) is 5.69 Å². The van der Waals surface area contributed by atoms with Crippen molar-refractivity contribution in [3.63, 3.8) is 0 Å². The van der Waals surface area contributed by atoms with Crippen LogP contribution in [0.3, 0.4) is 0 Å². The first-order valence-corrected chi connectivity index (χ1v) is 9.01. The van der Waals surface area contributed by atoms with Gasteiger partial charge in [0.15, 0.2) is 0 Å². The highest BCUT2D eigenvalue weighted by Crippen LogP contribution is 2.61. The Labute approximate surface area is 145 Å². The molecule has 3 atom stereocenters. The molecule has 24 heavy (non-hydrogen) atoms. The lowest BCUT2D eigenvalue weighted by Gasteiger charge is -2.28. The summed E-state index contributed by atoms with van der Waals surface area (Å²) in [5, 5.41) is 3.76. The Balaban J connectivity index is 1.56. The van der Waals surface area contributed by atoms with Gasteiger partial charge in [0.25, 0.3) is 0 Å². The molecule has 0 amide bonds. The smallest absolute Gasteiger partial charge is 0.143 e. The van der Waals surface area contributed by atoms with Gasteiger partial charge in [-0.3, -0.25) is 0 Å². The van der Waals surface area contributed by atoms with Crippen LogP contribution in [0.15, 0.2) is 89.8 Å². The van der Waals surface area contributed by atoms with Gasteiger partial charge in [0.2, 0.25) is 0 Å². The molecule has 5 rings (SSSR count). The summed E-state index contributed by atoms with van der Waals surface area (Å²) in [7, 11) is 0. The Morgan fingerprint density at radius 3 is 2.21 bits per heavy atom. The molecular formula is C21H17NOS. The van der Waals surface area contributed by atoms with E-state index in [4.69, 9.17) is 4.74 Å². The number of benzene rings is 3. The summed E-state index contributed by atoms with van der Waals surface area (Å²) in [5.74, 6) is 0. The fourth-order valence-electron chi connectivity index (χ4n) is 3.49. The fourth-order valence-corrected chi connectivity index (χ4v) is 4.92. The molecule has 0 radical (unpaired) electrons. The molecule has 0 aliphatic carbocycles. The largest absolute Gasteiger partial charge is 0.364 e. The van der Waals surface area contributed by atoms with Crippen LogP contribution in [-0.2, 0) is 9.61 Å². The number of hydrogen-bond acceptors (Lipinski definition) is 3. The summed E-state index contributed by atoms with van der Waals surface area (Å²) in [5.41, 5.74) is 3.69. The fraction of sp³-hybridized carbons (Fsp3) is 0.143. The Bertz CT molecular complexity index is 840. The first kappa shape index (κ1) is 14.1. The molecule has 3 aromatic rings. The number of anilines is 1. The van der Waals surface area contributed by atoms with Crippen LogP contribution < -0.4 is 5.32 Å². The quantitative estimate of drug-likeness (QED) is 0.668. The van der Waals surface area contributed by atoms with Crippen molar-refractivity contribution in [3.05, 3.63) is 96.1 Å². The van der Waals surface area contributed by atoms with E-state index in [1.54, 1.807) is 0 Å². The highest BCUT2D eigenvalue weighted by atomic mass is 32.2. The topological polar surface area (TPSA) is 24.6 Å². The van der Waals surface area contributed by atoms with E-state index in [0.717, 1.165) is 0 Å². The molecule has 1 N–H and O–H groups in total. The minimum Gasteiger partial charge on any atom is -0.364 e. The number of para-hydroxylation sites is 1. The second kappa shape index (κ2) is 5.40. The zero-order valence-electron chi connectivity index (χ0n) is 13.1. The Hall–Kier alpha value is -2.23. The van der Waals surface area contributed by atoms with Crippen LogP contribution in [0.2, 0.25) is 0 Å². The highest BCUT2D eigenvalue weighted by molar-refractivity contribution is 8.01. The van der Waals surface area contributed by atoms with Gasteiger partial charge in [0, 0.05) is 10.6 Å². The van der Waals surface area contributed by atoms with Crippen LogP contribution >= 0.6 is 11.8 Å². The summed E-state index contributed by atoms with van der Waals surface area (Å²) >= 11 is 1.87. The van der Waals surface area contributed by atoms with Gasteiger partial charge in [-0.15, -0.1) is 0 Å². The van der Waals surface area contributed by atoms with Crippen molar-refractivity contribution in [1.29, 1.82) is 0 Å². The van der Waals surface area contributed by atoms with E-state index in [1.807, 2.05) is 17.8 Å². The van der Waals surface area contributed by atoms with E-state index >= 15 is 0 Å². The lowest BCUT2D eigenvalue weighted by molar-refractivity contribution is 0.348.